The number of benzene rings is 2. The molecule has 0 radical (unpaired) electrons. The monoisotopic (exact) mass is 337 g/mol. The second-order valence-corrected chi connectivity index (χ2v) is 5.74. The molecule has 2 aromatic carbocycles. The molecule has 1 aliphatic rings. The number of hydrogen-bond acceptors (Lipinski definition) is 5. The zero-order valence-corrected chi connectivity index (χ0v) is 14.6. The van der Waals surface area contributed by atoms with Crippen LogP contribution in [0.4, 0.5) is 0 Å². The van der Waals surface area contributed by atoms with Crippen molar-refractivity contribution >= 4 is 17.9 Å². The first-order valence-electron chi connectivity index (χ1n) is 7.84. The molecule has 3 rings (SSSR count). The van der Waals surface area contributed by atoms with Crippen LogP contribution in [0.5, 0.6) is 11.5 Å². The number of ether oxygens (including phenoxy) is 3. The summed E-state index contributed by atoms with van der Waals surface area (Å²) in [5.74, 6) is 1.10. The van der Waals surface area contributed by atoms with Crippen molar-refractivity contribution in [3.63, 3.8) is 0 Å². The zero-order chi connectivity index (χ0) is 18.0. The lowest BCUT2D eigenvalue weighted by Gasteiger charge is -2.07. The van der Waals surface area contributed by atoms with E-state index in [1.807, 2.05) is 32.0 Å². The summed E-state index contributed by atoms with van der Waals surface area (Å²) in [6, 6.07) is 11.2. The Morgan fingerprint density at radius 1 is 1.00 bits per heavy atom. The van der Waals surface area contributed by atoms with Gasteiger partial charge in [-0.25, -0.2) is 9.79 Å². The molecule has 0 fully saturated rings. The van der Waals surface area contributed by atoms with Gasteiger partial charge in [0.2, 0.25) is 5.90 Å². The molecule has 0 saturated carbocycles. The van der Waals surface area contributed by atoms with Crippen LogP contribution in [0, 0.1) is 13.8 Å². The SMILES string of the molecule is COc1ccc(OC)c(C=C2N=C(c3ccc(C)c(C)c3)OC2=O)c1. The molecule has 0 aromatic heterocycles. The second-order valence-electron chi connectivity index (χ2n) is 5.74. The van der Waals surface area contributed by atoms with E-state index in [0.29, 0.717) is 23.0 Å². The van der Waals surface area contributed by atoms with E-state index in [9.17, 15) is 4.79 Å². The quantitative estimate of drug-likeness (QED) is 0.631. The number of esters is 1. The van der Waals surface area contributed by atoms with Crippen LogP contribution in [-0.4, -0.2) is 26.1 Å². The Balaban J connectivity index is 2.00. The fourth-order valence-electron chi connectivity index (χ4n) is 2.51. The number of aryl methyl sites for hydroxylation is 2. The summed E-state index contributed by atoms with van der Waals surface area (Å²) in [5.41, 5.74) is 3.98. The average Bonchev–Trinajstić information content (AvgIpc) is 2.98. The van der Waals surface area contributed by atoms with Crippen molar-refractivity contribution in [3.05, 3.63) is 64.3 Å². The van der Waals surface area contributed by atoms with E-state index < -0.39 is 5.97 Å². The number of aliphatic imine (C=N–C) groups is 1. The Hall–Kier alpha value is -3.08. The molecule has 0 N–H and O–H groups in total. The minimum atomic E-state index is -0.488. The minimum Gasteiger partial charge on any atom is -0.497 e. The van der Waals surface area contributed by atoms with Gasteiger partial charge in [-0.3, -0.25) is 0 Å². The first-order valence-corrected chi connectivity index (χ1v) is 7.84. The zero-order valence-electron chi connectivity index (χ0n) is 14.6. The fourth-order valence-corrected chi connectivity index (χ4v) is 2.51. The molecule has 25 heavy (non-hydrogen) atoms. The Kier molecular flexibility index (Phi) is 4.57. The minimum absolute atomic E-state index is 0.222. The lowest BCUT2D eigenvalue weighted by atomic mass is 10.1. The first-order chi connectivity index (χ1) is 12.0. The molecule has 0 aliphatic carbocycles. The van der Waals surface area contributed by atoms with Crippen molar-refractivity contribution in [3.8, 4) is 11.5 Å². The van der Waals surface area contributed by atoms with Crippen LogP contribution < -0.4 is 9.47 Å². The van der Waals surface area contributed by atoms with Crippen LogP contribution in [0.15, 0.2) is 47.1 Å². The van der Waals surface area contributed by atoms with E-state index in [0.717, 1.165) is 11.1 Å². The van der Waals surface area contributed by atoms with Crippen molar-refractivity contribution in [1.29, 1.82) is 0 Å². The number of rotatable bonds is 4. The molecule has 5 heteroatoms. The van der Waals surface area contributed by atoms with E-state index in [1.54, 1.807) is 38.5 Å². The summed E-state index contributed by atoms with van der Waals surface area (Å²) in [7, 11) is 3.15. The summed E-state index contributed by atoms with van der Waals surface area (Å²) in [6.07, 6.45) is 1.64. The average molecular weight is 337 g/mol. The van der Waals surface area contributed by atoms with Crippen molar-refractivity contribution < 1.29 is 19.0 Å². The van der Waals surface area contributed by atoms with E-state index >= 15 is 0 Å². The highest BCUT2D eigenvalue weighted by atomic mass is 16.6. The largest absolute Gasteiger partial charge is 0.497 e. The highest BCUT2D eigenvalue weighted by molar-refractivity contribution is 6.13. The van der Waals surface area contributed by atoms with Gasteiger partial charge >= 0.3 is 5.97 Å². The predicted molar refractivity (Wildman–Crippen MR) is 96.1 cm³/mol. The third kappa shape index (κ3) is 3.40. The van der Waals surface area contributed by atoms with Crippen LogP contribution in [0.1, 0.15) is 22.3 Å². The highest BCUT2D eigenvalue weighted by Gasteiger charge is 2.24. The molecule has 1 heterocycles. The van der Waals surface area contributed by atoms with Gasteiger partial charge in [0.05, 0.1) is 14.2 Å². The fraction of sp³-hybridized carbons (Fsp3) is 0.200. The van der Waals surface area contributed by atoms with E-state index in [-0.39, 0.29) is 5.70 Å². The van der Waals surface area contributed by atoms with Crippen LogP contribution in [-0.2, 0) is 9.53 Å². The molecule has 5 nitrogen and oxygen atoms in total. The third-order valence-corrected chi connectivity index (χ3v) is 4.10. The normalized spacial score (nSPS) is 15.1. The highest BCUT2D eigenvalue weighted by Crippen LogP contribution is 2.28. The number of hydrogen-bond donors (Lipinski definition) is 0. The molecular weight excluding hydrogens is 318 g/mol. The maximum Gasteiger partial charge on any atom is 0.363 e. The van der Waals surface area contributed by atoms with Crippen molar-refractivity contribution in [2.45, 2.75) is 13.8 Å². The Morgan fingerprint density at radius 2 is 1.80 bits per heavy atom. The lowest BCUT2D eigenvalue weighted by molar-refractivity contribution is -0.129. The van der Waals surface area contributed by atoms with E-state index in [1.165, 1.54) is 5.56 Å². The van der Waals surface area contributed by atoms with Crippen LogP contribution in [0.2, 0.25) is 0 Å². The molecule has 0 unspecified atom stereocenters. The summed E-state index contributed by atoms with van der Waals surface area (Å²) >= 11 is 0. The predicted octanol–water partition coefficient (Wildman–Crippen LogP) is 3.67. The number of cyclic esters (lactones) is 1. The Morgan fingerprint density at radius 3 is 2.48 bits per heavy atom. The molecule has 0 atom stereocenters. The number of methoxy groups -OCH3 is 2. The van der Waals surface area contributed by atoms with Gasteiger partial charge in [0.1, 0.15) is 11.5 Å². The number of nitrogens with zero attached hydrogens (tertiary/aromatic N) is 1. The van der Waals surface area contributed by atoms with E-state index in [2.05, 4.69) is 4.99 Å². The summed E-state index contributed by atoms with van der Waals surface area (Å²) < 4.78 is 15.9. The standard InChI is InChI=1S/C20H19NO4/c1-12-5-6-14(9-13(12)2)19-21-17(20(22)25-19)11-15-10-16(23-3)7-8-18(15)24-4/h5-11H,1-4H3. The number of carbonyl (C=O) groups is 1. The Labute approximate surface area is 146 Å². The van der Waals surface area contributed by atoms with Crippen molar-refractivity contribution in [2.24, 2.45) is 4.99 Å². The molecule has 0 spiro atoms. The van der Waals surface area contributed by atoms with Crippen LogP contribution in [0.25, 0.3) is 6.08 Å². The van der Waals surface area contributed by atoms with E-state index in [4.69, 9.17) is 14.2 Å². The number of carbonyl (C=O) groups excluding carboxylic acids is 1. The summed E-state index contributed by atoms with van der Waals surface area (Å²) in [4.78, 5) is 16.5. The summed E-state index contributed by atoms with van der Waals surface area (Å²) in [5, 5.41) is 0. The van der Waals surface area contributed by atoms with Gasteiger partial charge in [0.25, 0.3) is 0 Å². The second kappa shape index (κ2) is 6.81. The topological polar surface area (TPSA) is 57.1 Å². The van der Waals surface area contributed by atoms with Gasteiger partial charge < -0.3 is 14.2 Å². The molecule has 2 aromatic rings. The molecule has 0 amide bonds. The molecular formula is C20H19NO4. The molecule has 1 aliphatic heterocycles. The maximum absolute atomic E-state index is 12.2. The lowest BCUT2D eigenvalue weighted by Crippen LogP contribution is -2.05. The van der Waals surface area contributed by atoms with Gasteiger partial charge in [0.15, 0.2) is 5.70 Å². The van der Waals surface area contributed by atoms with Gasteiger partial charge in [-0.05, 0) is 61.4 Å². The van der Waals surface area contributed by atoms with Crippen LogP contribution in [0.3, 0.4) is 0 Å². The smallest absolute Gasteiger partial charge is 0.363 e. The molecule has 0 saturated heterocycles. The van der Waals surface area contributed by atoms with Gasteiger partial charge in [-0.2, -0.15) is 0 Å². The first kappa shape index (κ1) is 16.8. The Bertz CT molecular complexity index is 897. The van der Waals surface area contributed by atoms with Crippen molar-refractivity contribution in [2.75, 3.05) is 14.2 Å². The summed E-state index contributed by atoms with van der Waals surface area (Å²) in [6.45, 7) is 4.04. The molecule has 128 valence electrons. The maximum atomic E-state index is 12.2. The third-order valence-electron chi connectivity index (χ3n) is 4.10. The van der Waals surface area contributed by atoms with Crippen molar-refractivity contribution in [1.82, 2.24) is 0 Å². The van der Waals surface area contributed by atoms with Gasteiger partial charge in [-0.15, -0.1) is 0 Å². The van der Waals surface area contributed by atoms with Gasteiger partial charge in [-0.1, -0.05) is 6.07 Å². The molecule has 0 bridgehead atoms. The van der Waals surface area contributed by atoms with Gasteiger partial charge in [0, 0.05) is 11.1 Å². The van der Waals surface area contributed by atoms with Crippen LogP contribution >= 0.6 is 0 Å².